The molecule has 114 valence electrons. The van der Waals surface area contributed by atoms with Gasteiger partial charge in [-0.15, -0.1) is 10.2 Å². The van der Waals surface area contributed by atoms with Gasteiger partial charge < -0.3 is 14.3 Å². The number of aromatic amines is 1. The van der Waals surface area contributed by atoms with Crippen molar-refractivity contribution >= 4 is 11.0 Å². The van der Waals surface area contributed by atoms with Crippen molar-refractivity contribution in [3.63, 3.8) is 0 Å². The van der Waals surface area contributed by atoms with Crippen LogP contribution in [-0.2, 0) is 24.2 Å². The SMILES string of the molecule is CCC1COCc2nnc(CCc3nc4ccccc4[nH]3)n21. The summed E-state index contributed by atoms with van der Waals surface area (Å²) in [6.07, 6.45) is 2.70. The fourth-order valence-corrected chi connectivity index (χ4v) is 3.07. The Balaban J connectivity index is 1.55. The van der Waals surface area contributed by atoms with Crippen molar-refractivity contribution in [1.29, 1.82) is 0 Å². The Bertz CT molecular complexity index is 758. The Morgan fingerprint density at radius 1 is 1.27 bits per heavy atom. The molecular formula is C16H19N5O. The second-order valence-electron chi connectivity index (χ2n) is 5.68. The van der Waals surface area contributed by atoms with E-state index in [0.717, 1.165) is 54.4 Å². The number of nitrogens with zero attached hydrogens (tertiary/aromatic N) is 4. The molecule has 6 nitrogen and oxygen atoms in total. The quantitative estimate of drug-likeness (QED) is 0.803. The van der Waals surface area contributed by atoms with E-state index >= 15 is 0 Å². The number of rotatable bonds is 4. The molecule has 22 heavy (non-hydrogen) atoms. The maximum absolute atomic E-state index is 5.57. The maximum Gasteiger partial charge on any atom is 0.159 e. The van der Waals surface area contributed by atoms with Gasteiger partial charge in [-0.1, -0.05) is 19.1 Å². The lowest BCUT2D eigenvalue weighted by molar-refractivity contribution is 0.0523. The number of H-pyrrole nitrogens is 1. The molecule has 1 aliphatic rings. The predicted molar refractivity (Wildman–Crippen MR) is 82.5 cm³/mol. The molecule has 0 aliphatic carbocycles. The Morgan fingerprint density at radius 3 is 3.05 bits per heavy atom. The van der Waals surface area contributed by atoms with Gasteiger partial charge in [0.15, 0.2) is 5.82 Å². The number of nitrogens with one attached hydrogen (secondary N) is 1. The molecule has 1 N–H and O–H groups in total. The van der Waals surface area contributed by atoms with Crippen LogP contribution >= 0.6 is 0 Å². The molecule has 1 aliphatic heterocycles. The lowest BCUT2D eigenvalue weighted by Gasteiger charge is -2.25. The number of fused-ring (bicyclic) bond motifs is 2. The zero-order chi connectivity index (χ0) is 14.9. The number of benzene rings is 1. The molecule has 0 bridgehead atoms. The number of para-hydroxylation sites is 2. The zero-order valence-corrected chi connectivity index (χ0v) is 12.6. The van der Waals surface area contributed by atoms with Crippen molar-refractivity contribution in [3.05, 3.63) is 41.7 Å². The molecule has 4 rings (SSSR count). The lowest BCUT2D eigenvalue weighted by atomic mass is 10.2. The van der Waals surface area contributed by atoms with Crippen LogP contribution in [0, 0.1) is 0 Å². The lowest BCUT2D eigenvalue weighted by Crippen LogP contribution is -2.25. The molecule has 2 aromatic heterocycles. The number of ether oxygens (including phenoxy) is 1. The van der Waals surface area contributed by atoms with E-state index in [-0.39, 0.29) is 0 Å². The molecule has 0 radical (unpaired) electrons. The highest BCUT2D eigenvalue weighted by molar-refractivity contribution is 5.74. The van der Waals surface area contributed by atoms with Gasteiger partial charge in [-0.25, -0.2) is 4.98 Å². The highest BCUT2D eigenvalue weighted by Gasteiger charge is 2.23. The number of hydrogen-bond acceptors (Lipinski definition) is 4. The summed E-state index contributed by atoms with van der Waals surface area (Å²) >= 11 is 0. The van der Waals surface area contributed by atoms with E-state index < -0.39 is 0 Å². The molecule has 3 heterocycles. The molecule has 0 saturated carbocycles. The van der Waals surface area contributed by atoms with Crippen molar-refractivity contribution in [1.82, 2.24) is 24.7 Å². The van der Waals surface area contributed by atoms with Crippen LogP contribution in [-0.4, -0.2) is 31.3 Å². The zero-order valence-electron chi connectivity index (χ0n) is 12.6. The molecule has 3 aromatic rings. The van der Waals surface area contributed by atoms with E-state index in [9.17, 15) is 0 Å². The standard InChI is InChI=1S/C16H19N5O/c1-2-11-9-22-10-16-20-19-15(21(11)16)8-7-14-17-12-5-3-4-6-13(12)18-14/h3-6,11H,2,7-10H2,1H3,(H,17,18). The Labute approximate surface area is 128 Å². The largest absolute Gasteiger partial charge is 0.371 e. The monoisotopic (exact) mass is 297 g/mol. The molecule has 0 fully saturated rings. The third-order valence-corrected chi connectivity index (χ3v) is 4.24. The van der Waals surface area contributed by atoms with Crippen molar-refractivity contribution < 1.29 is 4.74 Å². The number of aromatic nitrogens is 5. The number of hydrogen-bond donors (Lipinski definition) is 1. The van der Waals surface area contributed by atoms with Gasteiger partial charge in [-0.05, 0) is 18.6 Å². The minimum Gasteiger partial charge on any atom is -0.371 e. The first-order valence-electron chi connectivity index (χ1n) is 7.79. The van der Waals surface area contributed by atoms with Crippen LogP contribution in [0.4, 0.5) is 0 Å². The highest BCUT2D eigenvalue weighted by Crippen LogP contribution is 2.23. The van der Waals surface area contributed by atoms with E-state index in [2.05, 4.69) is 37.7 Å². The van der Waals surface area contributed by atoms with Gasteiger partial charge in [0.2, 0.25) is 0 Å². The summed E-state index contributed by atoms with van der Waals surface area (Å²) in [7, 11) is 0. The summed E-state index contributed by atoms with van der Waals surface area (Å²) in [6.45, 7) is 3.49. The molecule has 0 amide bonds. The minimum atomic E-state index is 0.351. The second-order valence-corrected chi connectivity index (χ2v) is 5.68. The molecule has 0 saturated heterocycles. The third-order valence-electron chi connectivity index (χ3n) is 4.24. The number of imidazole rings is 1. The summed E-state index contributed by atoms with van der Waals surface area (Å²) < 4.78 is 7.83. The summed E-state index contributed by atoms with van der Waals surface area (Å²) in [6, 6.07) is 8.46. The first-order valence-corrected chi connectivity index (χ1v) is 7.79. The van der Waals surface area contributed by atoms with Crippen LogP contribution in [0.15, 0.2) is 24.3 Å². The van der Waals surface area contributed by atoms with Crippen LogP contribution in [0.2, 0.25) is 0 Å². The van der Waals surface area contributed by atoms with Gasteiger partial charge >= 0.3 is 0 Å². The first-order chi connectivity index (χ1) is 10.8. The van der Waals surface area contributed by atoms with Gasteiger partial charge in [0.1, 0.15) is 18.3 Å². The molecule has 1 unspecified atom stereocenters. The summed E-state index contributed by atoms with van der Waals surface area (Å²) in [4.78, 5) is 8.00. The first kappa shape index (κ1) is 13.5. The van der Waals surface area contributed by atoms with Crippen molar-refractivity contribution in [3.8, 4) is 0 Å². The van der Waals surface area contributed by atoms with E-state index in [1.807, 2.05) is 18.2 Å². The molecule has 6 heteroatoms. The van der Waals surface area contributed by atoms with E-state index in [0.29, 0.717) is 12.6 Å². The average Bonchev–Trinajstić information content (AvgIpc) is 3.16. The van der Waals surface area contributed by atoms with Crippen molar-refractivity contribution in [2.45, 2.75) is 38.8 Å². The average molecular weight is 297 g/mol. The Hall–Kier alpha value is -2.21. The van der Waals surface area contributed by atoms with E-state index in [4.69, 9.17) is 4.74 Å². The molecule has 1 atom stereocenters. The van der Waals surface area contributed by atoms with Crippen molar-refractivity contribution in [2.24, 2.45) is 0 Å². The summed E-state index contributed by atoms with van der Waals surface area (Å²) in [5, 5.41) is 8.62. The molecule has 0 spiro atoms. The predicted octanol–water partition coefficient (Wildman–Crippen LogP) is 2.42. The van der Waals surface area contributed by atoms with Crippen LogP contribution in [0.25, 0.3) is 11.0 Å². The fraction of sp³-hybridized carbons (Fsp3) is 0.438. The Morgan fingerprint density at radius 2 is 2.18 bits per heavy atom. The van der Waals surface area contributed by atoms with E-state index in [1.165, 1.54) is 0 Å². The van der Waals surface area contributed by atoms with Gasteiger partial charge in [0.05, 0.1) is 23.7 Å². The molecular weight excluding hydrogens is 278 g/mol. The number of aryl methyl sites for hydroxylation is 2. The second kappa shape index (κ2) is 5.53. The van der Waals surface area contributed by atoms with E-state index in [1.54, 1.807) is 0 Å². The van der Waals surface area contributed by atoms with Crippen LogP contribution in [0.3, 0.4) is 0 Å². The minimum absolute atomic E-state index is 0.351. The van der Waals surface area contributed by atoms with Gasteiger partial charge in [0.25, 0.3) is 0 Å². The van der Waals surface area contributed by atoms with Gasteiger partial charge in [-0.2, -0.15) is 0 Å². The smallest absolute Gasteiger partial charge is 0.159 e. The van der Waals surface area contributed by atoms with Gasteiger partial charge in [0, 0.05) is 12.8 Å². The van der Waals surface area contributed by atoms with Gasteiger partial charge in [-0.3, -0.25) is 0 Å². The summed E-state index contributed by atoms with van der Waals surface area (Å²) in [5.41, 5.74) is 2.10. The van der Waals surface area contributed by atoms with Crippen molar-refractivity contribution in [2.75, 3.05) is 6.61 Å². The topological polar surface area (TPSA) is 68.6 Å². The Kier molecular flexibility index (Phi) is 3.38. The molecule has 1 aromatic carbocycles. The third kappa shape index (κ3) is 2.29. The summed E-state index contributed by atoms with van der Waals surface area (Å²) in [5.74, 6) is 2.97. The maximum atomic E-state index is 5.57. The van der Waals surface area contributed by atoms with Crippen LogP contribution < -0.4 is 0 Å². The van der Waals surface area contributed by atoms with Crippen LogP contribution in [0.5, 0.6) is 0 Å². The highest BCUT2D eigenvalue weighted by atomic mass is 16.5. The fourth-order valence-electron chi connectivity index (χ4n) is 3.07. The normalized spacial score (nSPS) is 17.8. The van der Waals surface area contributed by atoms with Crippen LogP contribution in [0.1, 0.15) is 36.9 Å².